The monoisotopic (exact) mass is 375 g/mol. The summed E-state index contributed by atoms with van der Waals surface area (Å²) >= 11 is 2.10. The Morgan fingerprint density at radius 2 is 1.90 bits per heavy atom. The molecule has 4 nitrogen and oxygen atoms in total. The van der Waals surface area contributed by atoms with Crippen LogP contribution in [-0.4, -0.2) is 12.1 Å². The summed E-state index contributed by atoms with van der Waals surface area (Å²) in [7, 11) is 0. The third-order valence-electron chi connectivity index (χ3n) is 2.54. The Balaban J connectivity index is 2.01. The van der Waals surface area contributed by atoms with E-state index in [4.69, 9.17) is 5.26 Å². The molecule has 0 fully saturated rings. The molecule has 0 bridgehead atoms. The zero-order valence-electron chi connectivity index (χ0n) is 10.4. The van der Waals surface area contributed by atoms with Gasteiger partial charge in [-0.3, -0.25) is 4.79 Å². The van der Waals surface area contributed by atoms with Crippen molar-refractivity contribution in [3.63, 3.8) is 0 Å². The van der Waals surface area contributed by atoms with Crippen LogP contribution in [0.2, 0.25) is 0 Å². The van der Waals surface area contributed by atoms with E-state index in [1.807, 2.05) is 18.2 Å². The molecule has 98 valence electrons. The molecular formula is C15H10IN3O. The molecule has 5 heteroatoms. The van der Waals surface area contributed by atoms with Crippen LogP contribution in [-0.2, 0) is 0 Å². The highest BCUT2D eigenvalue weighted by Gasteiger charge is 2.07. The second kappa shape index (κ2) is 6.82. The van der Waals surface area contributed by atoms with E-state index in [0.717, 1.165) is 9.13 Å². The quantitative estimate of drug-likeness (QED) is 0.509. The van der Waals surface area contributed by atoms with Crippen LogP contribution < -0.4 is 5.43 Å². The number of hydrogen-bond donors (Lipinski definition) is 1. The number of hydrogen-bond acceptors (Lipinski definition) is 3. The van der Waals surface area contributed by atoms with Crippen LogP contribution in [0.1, 0.15) is 21.5 Å². The maximum absolute atomic E-state index is 11.9. The molecule has 20 heavy (non-hydrogen) atoms. The lowest BCUT2D eigenvalue weighted by molar-refractivity contribution is 0.0954. The Hall–Kier alpha value is -2.20. The normalized spacial score (nSPS) is 10.2. The average Bonchev–Trinajstić information content (AvgIpc) is 2.48. The largest absolute Gasteiger partial charge is 0.272 e. The van der Waals surface area contributed by atoms with E-state index in [0.29, 0.717) is 11.1 Å². The van der Waals surface area contributed by atoms with Gasteiger partial charge in [-0.2, -0.15) is 10.4 Å². The summed E-state index contributed by atoms with van der Waals surface area (Å²) in [6.07, 6.45) is 1.54. The van der Waals surface area contributed by atoms with Crippen molar-refractivity contribution in [1.29, 1.82) is 5.26 Å². The molecule has 0 aliphatic carbocycles. The van der Waals surface area contributed by atoms with E-state index in [1.54, 1.807) is 36.4 Å². The number of rotatable bonds is 3. The lowest BCUT2D eigenvalue weighted by Gasteiger charge is -2.01. The summed E-state index contributed by atoms with van der Waals surface area (Å²) in [5, 5.41) is 12.6. The highest BCUT2D eigenvalue weighted by molar-refractivity contribution is 14.1. The number of halogens is 1. The van der Waals surface area contributed by atoms with Crippen molar-refractivity contribution in [2.24, 2.45) is 5.10 Å². The summed E-state index contributed by atoms with van der Waals surface area (Å²) in [6, 6.07) is 16.3. The van der Waals surface area contributed by atoms with Crippen LogP contribution in [0.3, 0.4) is 0 Å². The van der Waals surface area contributed by atoms with Gasteiger partial charge in [-0.15, -0.1) is 0 Å². The SMILES string of the molecule is N#Cc1ccc(/C=N\NC(=O)c2ccccc2I)cc1. The molecule has 2 aromatic carbocycles. The minimum atomic E-state index is -0.250. The molecule has 0 unspecified atom stereocenters. The van der Waals surface area contributed by atoms with Gasteiger partial charge in [0.15, 0.2) is 0 Å². The van der Waals surface area contributed by atoms with Crippen molar-refractivity contribution < 1.29 is 4.79 Å². The molecule has 1 amide bonds. The summed E-state index contributed by atoms with van der Waals surface area (Å²) in [4.78, 5) is 11.9. The standard InChI is InChI=1S/C15H10IN3O/c16-14-4-2-1-3-13(14)15(20)19-18-10-12-7-5-11(9-17)6-8-12/h1-8,10H,(H,19,20)/b18-10-. The van der Waals surface area contributed by atoms with Gasteiger partial charge in [-0.05, 0) is 52.4 Å². The molecule has 0 saturated carbocycles. The molecule has 0 saturated heterocycles. The molecule has 0 aromatic heterocycles. The first-order chi connectivity index (χ1) is 9.70. The highest BCUT2D eigenvalue weighted by Crippen LogP contribution is 2.10. The van der Waals surface area contributed by atoms with Crippen LogP contribution in [0, 0.1) is 14.9 Å². The van der Waals surface area contributed by atoms with Gasteiger partial charge in [-0.1, -0.05) is 24.3 Å². The third-order valence-corrected chi connectivity index (χ3v) is 3.48. The smallest absolute Gasteiger partial charge is 0.267 e. The highest BCUT2D eigenvalue weighted by atomic mass is 127. The second-order valence-electron chi connectivity index (χ2n) is 3.91. The number of benzene rings is 2. The van der Waals surface area contributed by atoms with Crippen molar-refractivity contribution in [2.45, 2.75) is 0 Å². The van der Waals surface area contributed by atoms with Gasteiger partial charge < -0.3 is 0 Å². The Bertz CT molecular complexity index is 687. The fourth-order valence-electron chi connectivity index (χ4n) is 1.51. The lowest BCUT2D eigenvalue weighted by atomic mass is 10.2. The first-order valence-electron chi connectivity index (χ1n) is 5.79. The summed E-state index contributed by atoms with van der Waals surface area (Å²) in [5.41, 5.74) is 4.47. The van der Waals surface area contributed by atoms with Crippen molar-refractivity contribution in [2.75, 3.05) is 0 Å². The van der Waals surface area contributed by atoms with Crippen LogP contribution in [0.4, 0.5) is 0 Å². The lowest BCUT2D eigenvalue weighted by Crippen LogP contribution is -2.18. The van der Waals surface area contributed by atoms with Gasteiger partial charge >= 0.3 is 0 Å². The van der Waals surface area contributed by atoms with E-state index < -0.39 is 0 Å². The molecule has 0 aliphatic rings. The molecule has 0 atom stereocenters. The van der Waals surface area contributed by atoms with Gasteiger partial charge in [0.05, 0.1) is 23.4 Å². The fourth-order valence-corrected chi connectivity index (χ4v) is 2.15. The topological polar surface area (TPSA) is 65.2 Å². The molecule has 2 aromatic rings. The van der Waals surface area contributed by atoms with Gasteiger partial charge in [0, 0.05) is 3.57 Å². The van der Waals surface area contributed by atoms with Crippen LogP contribution in [0.15, 0.2) is 53.6 Å². The van der Waals surface area contributed by atoms with E-state index in [1.165, 1.54) is 6.21 Å². The Labute approximate surface area is 130 Å². The van der Waals surface area contributed by atoms with E-state index in [2.05, 4.69) is 33.1 Å². The summed E-state index contributed by atoms with van der Waals surface area (Å²) in [6.45, 7) is 0. The minimum Gasteiger partial charge on any atom is -0.267 e. The van der Waals surface area contributed by atoms with Crippen molar-refractivity contribution in [3.8, 4) is 6.07 Å². The van der Waals surface area contributed by atoms with Gasteiger partial charge in [-0.25, -0.2) is 5.43 Å². The van der Waals surface area contributed by atoms with E-state index >= 15 is 0 Å². The number of amides is 1. The predicted octanol–water partition coefficient (Wildman–Crippen LogP) is 2.93. The number of carbonyl (C=O) groups excluding carboxylic acids is 1. The van der Waals surface area contributed by atoms with E-state index in [-0.39, 0.29) is 5.91 Å². The van der Waals surface area contributed by atoms with Crippen LogP contribution in [0.25, 0.3) is 0 Å². The number of nitrogens with zero attached hydrogens (tertiary/aromatic N) is 2. The molecule has 0 radical (unpaired) electrons. The molecule has 0 heterocycles. The Morgan fingerprint density at radius 1 is 1.20 bits per heavy atom. The van der Waals surface area contributed by atoms with Crippen molar-refractivity contribution >= 4 is 34.7 Å². The third kappa shape index (κ3) is 3.65. The number of nitriles is 1. The fraction of sp³-hybridized carbons (Fsp3) is 0. The van der Waals surface area contributed by atoms with Crippen molar-refractivity contribution in [1.82, 2.24) is 5.43 Å². The minimum absolute atomic E-state index is 0.250. The zero-order valence-corrected chi connectivity index (χ0v) is 12.5. The Morgan fingerprint density at radius 3 is 2.55 bits per heavy atom. The molecule has 1 N–H and O–H groups in total. The maximum Gasteiger partial charge on any atom is 0.272 e. The number of nitrogens with one attached hydrogen (secondary N) is 1. The first kappa shape index (κ1) is 14.2. The first-order valence-corrected chi connectivity index (χ1v) is 6.86. The maximum atomic E-state index is 11.9. The van der Waals surface area contributed by atoms with Crippen LogP contribution >= 0.6 is 22.6 Å². The van der Waals surface area contributed by atoms with Crippen molar-refractivity contribution in [3.05, 3.63) is 68.8 Å². The molecule has 2 rings (SSSR count). The van der Waals surface area contributed by atoms with Crippen LogP contribution in [0.5, 0.6) is 0 Å². The van der Waals surface area contributed by atoms with Gasteiger partial charge in [0.1, 0.15) is 0 Å². The molecule has 0 aliphatic heterocycles. The number of carbonyl (C=O) groups is 1. The van der Waals surface area contributed by atoms with Gasteiger partial charge in [0.2, 0.25) is 0 Å². The molecule has 0 spiro atoms. The molecular weight excluding hydrogens is 365 g/mol. The van der Waals surface area contributed by atoms with Gasteiger partial charge in [0.25, 0.3) is 5.91 Å². The number of hydrazone groups is 1. The summed E-state index contributed by atoms with van der Waals surface area (Å²) < 4.78 is 0.871. The Kier molecular flexibility index (Phi) is 4.85. The second-order valence-corrected chi connectivity index (χ2v) is 5.07. The summed E-state index contributed by atoms with van der Waals surface area (Å²) in [5.74, 6) is -0.250. The van der Waals surface area contributed by atoms with E-state index in [9.17, 15) is 4.79 Å². The zero-order chi connectivity index (χ0) is 14.4. The average molecular weight is 375 g/mol. The predicted molar refractivity (Wildman–Crippen MR) is 85.4 cm³/mol.